The molecule has 90 valence electrons. The Bertz CT molecular complexity index is 513. The van der Waals surface area contributed by atoms with Gasteiger partial charge in [0.25, 0.3) is 0 Å². The summed E-state index contributed by atoms with van der Waals surface area (Å²) in [6, 6.07) is 5.59. The molecular formula is C11H12BrN3O2. The van der Waals surface area contributed by atoms with E-state index in [1.54, 1.807) is 7.11 Å². The second-order valence-corrected chi connectivity index (χ2v) is 4.23. The molecule has 0 aliphatic heterocycles. The monoisotopic (exact) mass is 297 g/mol. The maximum Gasteiger partial charge on any atom is 0.249 e. The summed E-state index contributed by atoms with van der Waals surface area (Å²) in [4.78, 5) is 0. The molecule has 0 fully saturated rings. The smallest absolute Gasteiger partial charge is 0.249 e. The van der Waals surface area contributed by atoms with Crippen molar-refractivity contribution in [2.45, 2.75) is 6.54 Å². The molecule has 2 aromatic rings. The van der Waals surface area contributed by atoms with Crippen LogP contribution in [0.2, 0.25) is 0 Å². The second-order valence-electron chi connectivity index (χ2n) is 3.38. The van der Waals surface area contributed by atoms with Crippen LogP contribution >= 0.6 is 15.9 Å². The van der Waals surface area contributed by atoms with Crippen LogP contribution in [0.15, 0.2) is 27.1 Å². The fourth-order valence-corrected chi connectivity index (χ4v) is 1.80. The van der Waals surface area contributed by atoms with Gasteiger partial charge in [0.15, 0.2) is 0 Å². The minimum absolute atomic E-state index is 0.473. The number of benzene rings is 1. The number of nitrogens with one attached hydrogen (secondary N) is 1. The average molecular weight is 298 g/mol. The second kappa shape index (κ2) is 5.29. The third kappa shape index (κ3) is 2.65. The third-order valence-electron chi connectivity index (χ3n) is 2.20. The summed E-state index contributed by atoms with van der Waals surface area (Å²) in [5, 5.41) is 10.9. The van der Waals surface area contributed by atoms with Gasteiger partial charge in [-0.05, 0) is 41.2 Å². The van der Waals surface area contributed by atoms with Crippen molar-refractivity contribution in [3.63, 3.8) is 0 Å². The van der Waals surface area contributed by atoms with Gasteiger partial charge in [-0.3, -0.25) is 0 Å². The average Bonchev–Trinajstić information content (AvgIpc) is 2.79. The first-order valence-corrected chi connectivity index (χ1v) is 5.84. The summed E-state index contributed by atoms with van der Waals surface area (Å²) in [6.45, 7) is 0.550. The van der Waals surface area contributed by atoms with E-state index in [2.05, 4.69) is 31.4 Å². The molecule has 0 spiro atoms. The summed E-state index contributed by atoms with van der Waals surface area (Å²) in [5.74, 6) is 1.77. The van der Waals surface area contributed by atoms with Gasteiger partial charge in [-0.2, -0.15) is 0 Å². The molecule has 0 unspecified atom stereocenters. The van der Waals surface area contributed by atoms with Crippen LogP contribution in [0.3, 0.4) is 0 Å². The van der Waals surface area contributed by atoms with Crippen molar-refractivity contribution < 1.29 is 9.15 Å². The van der Waals surface area contributed by atoms with Crippen LogP contribution in [0, 0.1) is 0 Å². The van der Waals surface area contributed by atoms with Crippen molar-refractivity contribution >= 4 is 15.9 Å². The van der Waals surface area contributed by atoms with E-state index in [4.69, 9.17) is 9.15 Å². The number of ether oxygens (including phenoxy) is 1. The van der Waals surface area contributed by atoms with Gasteiger partial charge >= 0.3 is 0 Å². The quantitative estimate of drug-likeness (QED) is 0.938. The first-order valence-electron chi connectivity index (χ1n) is 5.05. The van der Waals surface area contributed by atoms with Crippen molar-refractivity contribution in [1.29, 1.82) is 0 Å². The molecule has 1 heterocycles. The van der Waals surface area contributed by atoms with Crippen LogP contribution in [0.5, 0.6) is 5.75 Å². The summed E-state index contributed by atoms with van der Waals surface area (Å²) < 4.78 is 11.6. The zero-order chi connectivity index (χ0) is 12.3. The van der Waals surface area contributed by atoms with E-state index in [1.807, 2.05) is 25.2 Å². The van der Waals surface area contributed by atoms with E-state index in [0.29, 0.717) is 18.3 Å². The molecule has 0 atom stereocenters. The lowest BCUT2D eigenvalue weighted by Gasteiger charge is -2.03. The highest BCUT2D eigenvalue weighted by atomic mass is 79.9. The van der Waals surface area contributed by atoms with E-state index in [0.717, 1.165) is 15.8 Å². The van der Waals surface area contributed by atoms with Crippen LogP contribution in [-0.4, -0.2) is 24.4 Å². The first-order chi connectivity index (χ1) is 8.24. The van der Waals surface area contributed by atoms with E-state index < -0.39 is 0 Å². The topological polar surface area (TPSA) is 60.2 Å². The molecule has 6 heteroatoms. The van der Waals surface area contributed by atoms with E-state index >= 15 is 0 Å². The molecule has 1 aromatic carbocycles. The fourth-order valence-electron chi connectivity index (χ4n) is 1.38. The Morgan fingerprint density at radius 1 is 1.41 bits per heavy atom. The minimum atomic E-state index is 0.473. The molecule has 0 aliphatic carbocycles. The number of nitrogens with zero attached hydrogens (tertiary/aromatic N) is 2. The van der Waals surface area contributed by atoms with Gasteiger partial charge in [0, 0.05) is 4.47 Å². The largest absolute Gasteiger partial charge is 0.497 e. The Hall–Kier alpha value is -1.40. The zero-order valence-corrected chi connectivity index (χ0v) is 11.1. The van der Waals surface area contributed by atoms with E-state index in [9.17, 15) is 0 Å². The van der Waals surface area contributed by atoms with Crippen LogP contribution < -0.4 is 10.1 Å². The SMILES string of the molecule is CNCc1nnc(-c2cc(OC)ccc2Br)o1. The van der Waals surface area contributed by atoms with Crippen LogP contribution in [0.1, 0.15) is 5.89 Å². The first kappa shape index (κ1) is 12.1. The molecule has 17 heavy (non-hydrogen) atoms. The van der Waals surface area contributed by atoms with Gasteiger partial charge in [0.05, 0.1) is 19.2 Å². The molecule has 0 bridgehead atoms. The van der Waals surface area contributed by atoms with Crippen molar-refractivity contribution in [2.24, 2.45) is 0 Å². The van der Waals surface area contributed by atoms with Gasteiger partial charge in [0.2, 0.25) is 11.8 Å². The number of halogens is 1. The Balaban J connectivity index is 2.37. The predicted octanol–water partition coefficient (Wildman–Crippen LogP) is 2.23. The molecule has 1 aromatic heterocycles. The highest BCUT2D eigenvalue weighted by Crippen LogP contribution is 2.30. The van der Waals surface area contributed by atoms with Gasteiger partial charge in [-0.15, -0.1) is 10.2 Å². The summed E-state index contributed by atoms with van der Waals surface area (Å²) in [6.07, 6.45) is 0. The van der Waals surface area contributed by atoms with Crippen molar-refractivity contribution in [1.82, 2.24) is 15.5 Å². The summed E-state index contributed by atoms with van der Waals surface area (Å²) >= 11 is 3.45. The molecule has 0 radical (unpaired) electrons. The number of aromatic nitrogens is 2. The highest BCUT2D eigenvalue weighted by Gasteiger charge is 2.12. The Labute approximate surface area is 107 Å². The van der Waals surface area contributed by atoms with Gasteiger partial charge in [-0.1, -0.05) is 0 Å². The molecule has 0 saturated heterocycles. The molecule has 0 aliphatic rings. The lowest BCUT2D eigenvalue weighted by molar-refractivity contribution is 0.414. The summed E-state index contributed by atoms with van der Waals surface area (Å²) in [5.41, 5.74) is 0.819. The minimum Gasteiger partial charge on any atom is -0.497 e. The summed E-state index contributed by atoms with van der Waals surface area (Å²) in [7, 11) is 3.44. The lowest BCUT2D eigenvalue weighted by Crippen LogP contribution is -2.04. The lowest BCUT2D eigenvalue weighted by atomic mass is 10.2. The fraction of sp³-hybridized carbons (Fsp3) is 0.273. The predicted molar refractivity (Wildman–Crippen MR) is 66.7 cm³/mol. The number of methoxy groups -OCH3 is 1. The zero-order valence-electron chi connectivity index (χ0n) is 9.53. The molecule has 5 nitrogen and oxygen atoms in total. The van der Waals surface area contributed by atoms with Gasteiger partial charge in [0.1, 0.15) is 5.75 Å². The van der Waals surface area contributed by atoms with Crippen LogP contribution in [-0.2, 0) is 6.54 Å². The Morgan fingerprint density at radius 2 is 2.24 bits per heavy atom. The molecule has 1 N–H and O–H groups in total. The van der Waals surface area contributed by atoms with Gasteiger partial charge in [-0.25, -0.2) is 0 Å². The number of rotatable bonds is 4. The molecular weight excluding hydrogens is 286 g/mol. The van der Waals surface area contributed by atoms with Gasteiger partial charge < -0.3 is 14.5 Å². The third-order valence-corrected chi connectivity index (χ3v) is 2.89. The highest BCUT2D eigenvalue weighted by molar-refractivity contribution is 9.10. The van der Waals surface area contributed by atoms with Crippen molar-refractivity contribution in [3.8, 4) is 17.2 Å². The Morgan fingerprint density at radius 3 is 2.94 bits per heavy atom. The van der Waals surface area contributed by atoms with Crippen molar-refractivity contribution in [2.75, 3.05) is 14.2 Å². The molecule has 0 amide bonds. The normalized spacial score (nSPS) is 10.5. The standard InChI is InChI=1S/C11H12BrN3O2/c1-13-6-10-14-15-11(17-10)8-5-7(16-2)3-4-9(8)12/h3-5,13H,6H2,1-2H3. The molecule has 0 saturated carbocycles. The number of hydrogen-bond donors (Lipinski definition) is 1. The maximum absolute atomic E-state index is 5.52. The van der Waals surface area contributed by atoms with Crippen LogP contribution in [0.4, 0.5) is 0 Å². The number of hydrogen-bond acceptors (Lipinski definition) is 5. The van der Waals surface area contributed by atoms with E-state index in [1.165, 1.54) is 0 Å². The van der Waals surface area contributed by atoms with Crippen LogP contribution in [0.25, 0.3) is 11.5 Å². The van der Waals surface area contributed by atoms with Crippen molar-refractivity contribution in [3.05, 3.63) is 28.6 Å². The maximum atomic E-state index is 5.52. The van der Waals surface area contributed by atoms with E-state index in [-0.39, 0.29) is 0 Å². The molecule has 2 rings (SSSR count). The Kier molecular flexibility index (Phi) is 3.75.